The zero-order chi connectivity index (χ0) is 17.9. The van der Waals surface area contributed by atoms with E-state index >= 15 is 0 Å². The zero-order valence-electron chi connectivity index (χ0n) is 14.8. The SMILES string of the molecule is CCc1[nH]c(C(=O)NC(C)(C)c2ccccc2)c(C)c1C(=O)OC. The largest absolute Gasteiger partial charge is 0.465 e. The Balaban J connectivity index is 2.34. The maximum atomic E-state index is 12.8. The molecule has 1 amide bonds. The highest BCUT2D eigenvalue weighted by Gasteiger charge is 2.28. The van der Waals surface area contributed by atoms with E-state index in [4.69, 9.17) is 4.74 Å². The van der Waals surface area contributed by atoms with E-state index in [0.29, 0.717) is 28.9 Å². The second-order valence-electron chi connectivity index (χ2n) is 6.27. The van der Waals surface area contributed by atoms with Gasteiger partial charge in [0.1, 0.15) is 5.69 Å². The number of hydrogen-bond donors (Lipinski definition) is 2. The lowest BCUT2D eigenvalue weighted by atomic mass is 9.94. The Morgan fingerprint density at radius 1 is 1.21 bits per heavy atom. The molecule has 0 aliphatic rings. The summed E-state index contributed by atoms with van der Waals surface area (Å²) in [7, 11) is 1.34. The van der Waals surface area contributed by atoms with Gasteiger partial charge in [0.05, 0.1) is 18.2 Å². The summed E-state index contributed by atoms with van der Waals surface area (Å²) in [6.07, 6.45) is 0.612. The Kier molecular flexibility index (Phi) is 5.12. The minimum absolute atomic E-state index is 0.244. The van der Waals surface area contributed by atoms with E-state index < -0.39 is 11.5 Å². The number of aryl methyl sites for hydroxylation is 1. The molecule has 2 rings (SSSR count). The molecule has 2 aromatic rings. The van der Waals surface area contributed by atoms with Crippen molar-refractivity contribution in [1.29, 1.82) is 0 Å². The van der Waals surface area contributed by atoms with Crippen LogP contribution in [0.15, 0.2) is 30.3 Å². The van der Waals surface area contributed by atoms with Crippen LogP contribution >= 0.6 is 0 Å². The fraction of sp³-hybridized carbons (Fsp3) is 0.368. The molecule has 5 heteroatoms. The molecule has 1 aromatic heterocycles. The van der Waals surface area contributed by atoms with Crippen molar-refractivity contribution in [3.63, 3.8) is 0 Å². The summed E-state index contributed by atoms with van der Waals surface area (Å²) in [4.78, 5) is 27.8. The minimum atomic E-state index is -0.534. The van der Waals surface area contributed by atoms with Crippen LogP contribution < -0.4 is 5.32 Å². The Morgan fingerprint density at radius 3 is 2.38 bits per heavy atom. The van der Waals surface area contributed by atoms with Gasteiger partial charge in [0, 0.05) is 5.69 Å². The average molecular weight is 328 g/mol. The van der Waals surface area contributed by atoms with Crippen molar-refractivity contribution in [2.45, 2.75) is 39.7 Å². The molecule has 0 bridgehead atoms. The maximum absolute atomic E-state index is 12.8. The van der Waals surface area contributed by atoms with Crippen LogP contribution in [0.1, 0.15) is 58.4 Å². The number of methoxy groups -OCH3 is 1. The molecule has 0 fully saturated rings. The maximum Gasteiger partial charge on any atom is 0.339 e. The van der Waals surface area contributed by atoms with Crippen LogP contribution in [0.5, 0.6) is 0 Å². The van der Waals surface area contributed by atoms with Gasteiger partial charge in [-0.25, -0.2) is 4.79 Å². The number of aromatic nitrogens is 1. The average Bonchev–Trinajstić information content (AvgIpc) is 2.91. The van der Waals surface area contributed by atoms with Crippen molar-refractivity contribution in [2.24, 2.45) is 0 Å². The first-order chi connectivity index (χ1) is 11.3. The molecule has 0 saturated carbocycles. The quantitative estimate of drug-likeness (QED) is 0.827. The van der Waals surface area contributed by atoms with E-state index in [1.165, 1.54) is 7.11 Å². The van der Waals surface area contributed by atoms with Gasteiger partial charge in [-0.3, -0.25) is 4.79 Å². The number of benzene rings is 1. The van der Waals surface area contributed by atoms with Gasteiger partial charge < -0.3 is 15.0 Å². The molecule has 0 unspecified atom stereocenters. The van der Waals surface area contributed by atoms with Crippen molar-refractivity contribution in [3.8, 4) is 0 Å². The number of ether oxygens (including phenoxy) is 1. The Bertz CT molecular complexity index is 745. The second kappa shape index (κ2) is 6.91. The summed E-state index contributed by atoms with van der Waals surface area (Å²) in [6.45, 7) is 7.57. The van der Waals surface area contributed by atoms with Crippen molar-refractivity contribution >= 4 is 11.9 Å². The van der Waals surface area contributed by atoms with Crippen LogP contribution in [0.4, 0.5) is 0 Å². The molecule has 0 aliphatic heterocycles. The van der Waals surface area contributed by atoms with Crippen LogP contribution in [-0.2, 0) is 16.7 Å². The number of aromatic amines is 1. The smallest absolute Gasteiger partial charge is 0.339 e. The van der Waals surface area contributed by atoms with Crippen molar-refractivity contribution in [1.82, 2.24) is 10.3 Å². The topological polar surface area (TPSA) is 71.2 Å². The lowest BCUT2D eigenvalue weighted by Crippen LogP contribution is -2.41. The lowest BCUT2D eigenvalue weighted by Gasteiger charge is -2.26. The van der Waals surface area contributed by atoms with Gasteiger partial charge in [0.15, 0.2) is 0 Å². The third-order valence-corrected chi connectivity index (χ3v) is 4.22. The highest BCUT2D eigenvalue weighted by Crippen LogP contribution is 2.23. The number of amides is 1. The van der Waals surface area contributed by atoms with Crippen LogP contribution in [0.25, 0.3) is 0 Å². The molecule has 0 spiro atoms. The van der Waals surface area contributed by atoms with E-state index in [0.717, 1.165) is 5.56 Å². The predicted molar refractivity (Wildman–Crippen MR) is 93.2 cm³/mol. The van der Waals surface area contributed by atoms with E-state index in [1.807, 2.05) is 51.1 Å². The van der Waals surface area contributed by atoms with Crippen LogP contribution in [0, 0.1) is 6.92 Å². The molecule has 1 heterocycles. The van der Waals surface area contributed by atoms with Crippen LogP contribution in [0.3, 0.4) is 0 Å². The van der Waals surface area contributed by atoms with E-state index in [9.17, 15) is 9.59 Å². The third-order valence-electron chi connectivity index (χ3n) is 4.22. The molecule has 24 heavy (non-hydrogen) atoms. The third kappa shape index (κ3) is 3.35. The molecule has 1 aromatic carbocycles. The van der Waals surface area contributed by atoms with Gasteiger partial charge in [0.25, 0.3) is 5.91 Å². The molecular weight excluding hydrogens is 304 g/mol. The van der Waals surface area contributed by atoms with Crippen molar-refractivity contribution in [3.05, 3.63) is 58.4 Å². The van der Waals surface area contributed by atoms with Gasteiger partial charge >= 0.3 is 5.97 Å². The molecule has 5 nitrogen and oxygen atoms in total. The molecule has 0 saturated heterocycles. The fourth-order valence-electron chi connectivity index (χ4n) is 2.80. The molecule has 0 radical (unpaired) electrons. The monoisotopic (exact) mass is 328 g/mol. The van der Waals surface area contributed by atoms with Crippen LogP contribution in [0.2, 0.25) is 0 Å². The molecule has 0 atom stereocenters. The standard InChI is InChI=1S/C19H24N2O3/c1-6-14-15(18(23)24-5)12(2)16(20-14)17(22)21-19(3,4)13-10-8-7-9-11-13/h7-11,20H,6H2,1-5H3,(H,21,22). The Labute approximate surface area is 142 Å². The number of nitrogens with one attached hydrogen (secondary N) is 2. The van der Waals surface area contributed by atoms with Crippen LogP contribution in [-0.4, -0.2) is 24.0 Å². The van der Waals surface area contributed by atoms with Crippen molar-refractivity contribution < 1.29 is 14.3 Å². The van der Waals surface area contributed by atoms with Gasteiger partial charge in [-0.2, -0.15) is 0 Å². The summed E-state index contributed by atoms with van der Waals surface area (Å²) < 4.78 is 4.83. The normalized spacial score (nSPS) is 11.2. The number of carbonyl (C=O) groups is 2. The molecule has 128 valence electrons. The number of esters is 1. The summed E-state index contributed by atoms with van der Waals surface area (Å²) in [5.74, 6) is -0.673. The Hall–Kier alpha value is -2.56. The number of carbonyl (C=O) groups excluding carboxylic acids is 2. The number of H-pyrrole nitrogens is 1. The first kappa shape index (κ1) is 17.8. The number of hydrogen-bond acceptors (Lipinski definition) is 3. The van der Waals surface area contributed by atoms with E-state index in [2.05, 4.69) is 10.3 Å². The van der Waals surface area contributed by atoms with E-state index in [-0.39, 0.29) is 5.91 Å². The molecule has 0 aliphatic carbocycles. The fourth-order valence-corrected chi connectivity index (χ4v) is 2.80. The molecule has 2 N–H and O–H groups in total. The van der Waals surface area contributed by atoms with Crippen molar-refractivity contribution in [2.75, 3.05) is 7.11 Å². The van der Waals surface area contributed by atoms with Gasteiger partial charge in [-0.15, -0.1) is 0 Å². The molecular formula is C19H24N2O3. The first-order valence-corrected chi connectivity index (χ1v) is 7.99. The highest BCUT2D eigenvalue weighted by molar-refractivity contribution is 6.00. The summed E-state index contributed by atoms with van der Waals surface area (Å²) >= 11 is 0. The summed E-state index contributed by atoms with van der Waals surface area (Å²) in [5.41, 5.74) is 2.64. The van der Waals surface area contributed by atoms with Gasteiger partial charge in [0.2, 0.25) is 0 Å². The number of rotatable bonds is 5. The predicted octanol–water partition coefficient (Wildman–Crippen LogP) is 3.34. The minimum Gasteiger partial charge on any atom is -0.465 e. The van der Waals surface area contributed by atoms with Gasteiger partial charge in [-0.1, -0.05) is 37.3 Å². The zero-order valence-corrected chi connectivity index (χ0v) is 14.8. The summed E-state index contributed by atoms with van der Waals surface area (Å²) in [6, 6.07) is 9.76. The van der Waals surface area contributed by atoms with E-state index in [1.54, 1.807) is 6.92 Å². The first-order valence-electron chi connectivity index (χ1n) is 7.99. The second-order valence-corrected chi connectivity index (χ2v) is 6.27. The Morgan fingerprint density at radius 2 is 1.83 bits per heavy atom. The van der Waals surface area contributed by atoms with Gasteiger partial charge in [-0.05, 0) is 38.3 Å². The lowest BCUT2D eigenvalue weighted by molar-refractivity contribution is 0.0599. The summed E-state index contributed by atoms with van der Waals surface area (Å²) in [5, 5.41) is 3.03. The highest BCUT2D eigenvalue weighted by atomic mass is 16.5.